The molecule has 126 valence electrons. The molecule has 3 heteroatoms. The van der Waals surface area contributed by atoms with Crippen molar-refractivity contribution in [3.05, 3.63) is 96.6 Å². The minimum absolute atomic E-state index is 0.215. The van der Waals surface area contributed by atoms with E-state index in [1.807, 2.05) is 60.7 Å². The summed E-state index contributed by atoms with van der Waals surface area (Å²) in [4.78, 5) is 4.39. The highest BCUT2D eigenvalue weighted by molar-refractivity contribution is 5.85. The number of aromatic hydroxyl groups is 1. The largest absolute Gasteiger partial charge is 0.507 e. The van der Waals surface area contributed by atoms with Crippen LogP contribution >= 0.6 is 0 Å². The lowest BCUT2D eigenvalue weighted by Crippen LogP contribution is -1.84. The van der Waals surface area contributed by atoms with Crippen LogP contribution in [0.3, 0.4) is 0 Å². The predicted molar refractivity (Wildman–Crippen MR) is 106 cm³/mol. The van der Waals surface area contributed by atoms with E-state index in [9.17, 15) is 5.11 Å². The van der Waals surface area contributed by atoms with Crippen LogP contribution in [0.2, 0.25) is 0 Å². The number of hydrogen-bond donors (Lipinski definition) is 1. The monoisotopic (exact) mass is 339 g/mol. The summed E-state index contributed by atoms with van der Waals surface area (Å²) in [6.07, 6.45) is 1.65. The molecule has 0 amide bonds. The molecular formula is C23H17NO2. The molecule has 0 atom stereocenters. The van der Waals surface area contributed by atoms with Crippen molar-refractivity contribution in [3.63, 3.8) is 0 Å². The van der Waals surface area contributed by atoms with Crippen molar-refractivity contribution in [1.82, 2.24) is 0 Å². The van der Waals surface area contributed by atoms with Gasteiger partial charge in [-0.3, -0.25) is 4.99 Å². The highest BCUT2D eigenvalue weighted by Gasteiger charge is 2.00. The first-order valence-corrected chi connectivity index (χ1v) is 8.37. The Morgan fingerprint density at radius 2 is 1.38 bits per heavy atom. The number of fused-ring (bicyclic) bond motifs is 1. The Labute approximate surface area is 151 Å². The van der Waals surface area contributed by atoms with Gasteiger partial charge in [0.15, 0.2) is 0 Å². The Hall–Kier alpha value is -3.59. The average Bonchev–Trinajstić information content (AvgIpc) is 2.68. The number of hydrogen-bond acceptors (Lipinski definition) is 3. The fourth-order valence-corrected chi connectivity index (χ4v) is 2.71. The van der Waals surface area contributed by atoms with Gasteiger partial charge < -0.3 is 9.84 Å². The third-order valence-electron chi connectivity index (χ3n) is 4.08. The minimum Gasteiger partial charge on any atom is -0.507 e. The normalized spacial score (nSPS) is 11.1. The quantitative estimate of drug-likeness (QED) is 0.457. The second-order valence-corrected chi connectivity index (χ2v) is 5.92. The predicted octanol–water partition coefficient (Wildman–Crippen LogP) is 6.09. The van der Waals surface area contributed by atoms with Crippen LogP contribution in [-0.2, 0) is 0 Å². The number of nitrogens with zero attached hydrogens (tertiary/aromatic N) is 1. The summed E-state index contributed by atoms with van der Waals surface area (Å²) in [6.45, 7) is 0. The van der Waals surface area contributed by atoms with Gasteiger partial charge in [-0.05, 0) is 59.3 Å². The molecule has 4 aromatic carbocycles. The number of benzene rings is 4. The highest BCUT2D eigenvalue weighted by atomic mass is 16.5. The number of rotatable bonds is 4. The fraction of sp³-hybridized carbons (Fsp3) is 0. The van der Waals surface area contributed by atoms with Gasteiger partial charge >= 0.3 is 0 Å². The molecular weight excluding hydrogens is 322 g/mol. The second kappa shape index (κ2) is 7.11. The van der Waals surface area contributed by atoms with E-state index in [0.29, 0.717) is 5.56 Å². The van der Waals surface area contributed by atoms with Gasteiger partial charge in [-0.15, -0.1) is 0 Å². The van der Waals surface area contributed by atoms with Gasteiger partial charge in [0.05, 0.1) is 5.69 Å². The van der Waals surface area contributed by atoms with Crippen LogP contribution in [0.4, 0.5) is 5.69 Å². The van der Waals surface area contributed by atoms with Gasteiger partial charge in [0.25, 0.3) is 0 Å². The first-order chi connectivity index (χ1) is 12.8. The Balaban J connectivity index is 1.49. The average molecular weight is 339 g/mol. The van der Waals surface area contributed by atoms with Crippen LogP contribution in [0.1, 0.15) is 5.56 Å². The number of para-hydroxylation sites is 1. The molecule has 3 nitrogen and oxygen atoms in total. The highest BCUT2D eigenvalue weighted by Crippen LogP contribution is 2.27. The maximum absolute atomic E-state index is 9.76. The molecule has 0 aliphatic carbocycles. The smallest absolute Gasteiger partial charge is 0.128 e. The molecule has 0 aliphatic heterocycles. The first-order valence-electron chi connectivity index (χ1n) is 8.37. The minimum atomic E-state index is 0.215. The molecule has 26 heavy (non-hydrogen) atoms. The molecule has 0 saturated heterocycles. The maximum Gasteiger partial charge on any atom is 0.128 e. The van der Waals surface area contributed by atoms with E-state index in [4.69, 9.17) is 4.74 Å². The van der Waals surface area contributed by atoms with Crippen molar-refractivity contribution < 1.29 is 9.84 Å². The van der Waals surface area contributed by atoms with Gasteiger partial charge in [-0.2, -0.15) is 0 Å². The van der Waals surface area contributed by atoms with Crippen molar-refractivity contribution in [2.45, 2.75) is 0 Å². The summed E-state index contributed by atoms with van der Waals surface area (Å²) < 4.78 is 5.93. The summed E-state index contributed by atoms with van der Waals surface area (Å²) in [6, 6.07) is 28.9. The van der Waals surface area contributed by atoms with Gasteiger partial charge in [0.1, 0.15) is 17.2 Å². The number of aliphatic imine (C=N–C) groups is 1. The Bertz CT molecular complexity index is 1070. The maximum atomic E-state index is 9.76. The lowest BCUT2D eigenvalue weighted by molar-refractivity contribution is 0.474. The van der Waals surface area contributed by atoms with Gasteiger partial charge in [-0.25, -0.2) is 0 Å². The molecule has 0 unspecified atom stereocenters. The van der Waals surface area contributed by atoms with E-state index in [-0.39, 0.29) is 5.75 Å². The van der Waals surface area contributed by atoms with Crippen molar-refractivity contribution in [1.29, 1.82) is 0 Å². The van der Waals surface area contributed by atoms with Crippen LogP contribution in [0.15, 0.2) is 96.0 Å². The van der Waals surface area contributed by atoms with E-state index >= 15 is 0 Å². The zero-order chi connectivity index (χ0) is 17.8. The van der Waals surface area contributed by atoms with Crippen LogP contribution in [-0.4, -0.2) is 11.3 Å². The van der Waals surface area contributed by atoms with Crippen LogP contribution in [0, 0.1) is 0 Å². The van der Waals surface area contributed by atoms with Crippen molar-refractivity contribution in [3.8, 4) is 17.2 Å². The molecule has 0 fully saturated rings. The van der Waals surface area contributed by atoms with Crippen molar-refractivity contribution in [2.75, 3.05) is 0 Å². The summed E-state index contributed by atoms with van der Waals surface area (Å²) in [5, 5.41) is 12.1. The molecule has 0 aliphatic rings. The van der Waals surface area contributed by atoms with Crippen LogP contribution < -0.4 is 4.74 Å². The molecule has 1 N–H and O–H groups in total. The molecule has 0 spiro atoms. The van der Waals surface area contributed by atoms with E-state index in [0.717, 1.165) is 22.6 Å². The van der Waals surface area contributed by atoms with Crippen molar-refractivity contribution in [2.24, 2.45) is 4.99 Å². The molecule has 0 saturated carbocycles. The molecule has 0 radical (unpaired) electrons. The molecule has 4 rings (SSSR count). The third kappa shape index (κ3) is 3.57. The summed E-state index contributed by atoms with van der Waals surface area (Å²) in [5.41, 5.74) is 1.48. The topological polar surface area (TPSA) is 41.8 Å². The molecule has 0 aromatic heterocycles. The zero-order valence-electron chi connectivity index (χ0n) is 14.0. The Morgan fingerprint density at radius 3 is 2.19 bits per heavy atom. The van der Waals surface area contributed by atoms with E-state index in [2.05, 4.69) is 23.2 Å². The van der Waals surface area contributed by atoms with Crippen LogP contribution in [0.5, 0.6) is 17.2 Å². The summed E-state index contributed by atoms with van der Waals surface area (Å²) in [7, 11) is 0. The van der Waals surface area contributed by atoms with Crippen LogP contribution in [0.25, 0.3) is 10.8 Å². The van der Waals surface area contributed by atoms with Gasteiger partial charge in [-0.1, -0.05) is 42.5 Å². The molecule has 4 aromatic rings. The third-order valence-corrected chi connectivity index (χ3v) is 4.08. The molecule has 0 heterocycles. The van der Waals surface area contributed by atoms with E-state index in [1.165, 1.54) is 5.39 Å². The summed E-state index contributed by atoms with van der Waals surface area (Å²) in [5.74, 6) is 1.77. The molecule has 0 bridgehead atoms. The Morgan fingerprint density at radius 1 is 0.692 bits per heavy atom. The lowest BCUT2D eigenvalue weighted by Gasteiger charge is -2.07. The van der Waals surface area contributed by atoms with Gasteiger partial charge in [0, 0.05) is 11.8 Å². The zero-order valence-corrected chi connectivity index (χ0v) is 14.0. The fourth-order valence-electron chi connectivity index (χ4n) is 2.71. The number of ether oxygens (including phenoxy) is 1. The van der Waals surface area contributed by atoms with E-state index in [1.54, 1.807) is 18.3 Å². The van der Waals surface area contributed by atoms with E-state index < -0.39 is 0 Å². The second-order valence-electron chi connectivity index (χ2n) is 5.92. The number of phenols is 1. The first kappa shape index (κ1) is 15.9. The Kier molecular flexibility index (Phi) is 4.35. The van der Waals surface area contributed by atoms with Crippen molar-refractivity contribution >= 4 is 22.7 Å². The lowest BCUT2D eigenvalue weighted by atomic mass is 10.1. The SMILES string of the molecule is Oc1ccccc1C=Nc1ccc(Oc2ccc3ccccc3c2)cc1. The van der Waals surface area contributed by atoms with Gasteiger partial charge in [0.2, 0.25) is 0 Å². The standard InChI is InChI=1S/C23H17NO2/c25-23-8-4-3-7-19(23)16-24-20-10-13-21(14-11-20)26-22-12-9-17-5-1-2-6-18(17)15-22/h1-16,25H. The summed E-state index contributed by atoms with van der Waals surface area (Å²) >= 11 is 0. The number of phenolic OH excluding ortho intramolecular Hbond substituents is 1.